The number of benzene rings is 1. The lowest BCUT2D eigenvalue weighted by molar-refractivity contribution is -0.139. The van der Waals surface area contributed by atoms with E-state index in [2.05, 4.69) is 17.1 Å². The third-order valence-corrected chi connectivity index (χ3v) is 10.8. The quantitative estimate of drug-likeness (QED) is 0.211. The van der Waals surface area contributed by atoms with Gasteiger partial charge in [-0.3, -0.25) is 9.69 Å². The van der Waals surface area contributed by atoms with Crippen molar-refractivity contribution in [2.45, 2.75) is 88.2 Å². The monoisotopic (exact) mass is 669 g/mol. The van der Waals surface area contributed by atoms with Crippen LogP contribution in [0, 0.1) is 11.8 Å². The van der Waals surface area contributed by atoms with E-state index in [0.717, 1.165) is 16.3 Å². The molecule has 13 heteroatoms. The van der Waals surface area contributed by atoms with E-state index in [1.807, 2.05) is 27.0 Å². The standard InChI is InChI=1S/C33H49F2N3O7S/c1-24(10-11-29(39)22-31(40)41)6-4-7-26(20-28-23-37(32(42)43)17-16-36(28)3)18-25(2)19-27-8-5-9-30(21-27)46(44,45)38-14-12-33(34,35)13-15-38/h4-5,7-9,19,21,24,26,28-29,39H,6,10-18,20,22-23H2,1-3H3,(H,40,41)(H,42,43)/b7-4+,25-19+/t24-,26+,28?,29-/m1/s1. The van der Waals surface area contributed by atoms with Crippen LogP contribution in [0.25, 0.3) is 6.08 Å². The lowest BCUT2D eigenvalue weighted by Gasteiger charge is -2.39. The molecule has 0 radical (unpaired) electrons. The van der Waals surface area contributed by atoms with Gasteiger partial charge in [-0.1, -0.05) is 42.9 Å². The van der Waals surface area contributed by atoms with E-state index in [1.54, 1.807) is 18.2 Å². The number of rotatable bonds is 15. The first-order valence-corrected chi connectivity index (χ1v) is 17.4. The largest absolute Gasteiger partial charge is 0.481 e. The Morgan fingerprint density at radius 1 is 1.09 bits per heavy atom. The van der Waals surface area contributed by atoms with E-state index in [-0.39, 0.29) is 42.3 Å². The summed E-state index contributed by atoms with van der Waals surface area (Å²) in [6.45, 7) is 5.06. The molecule has 4 atom stereocenters. The highest BCUT2D eigenvalue weighted by molar-refractivity contribution is 7.89. The summed E-state index contributed by atoms with van der Waals surface area (Å²) >= 11 is 0. The highest BCUT2D eigenvalue weighted by Gasteiger charge is 2.38. The van der Waals surface area contributed by atoms with E-state index >= 15 is 0 Å². The van der Waals surface area contributed by atoms with Crippen molar-refractivity contribution in [2.75, 3.05) is 39.8 Å². The number of hydrogen-bond acceptors (Lipinski definition) is 6. The summed E-state index contributed by atoms with van der Waals surface area (Å²) in [5, 5.41) is 28.3. The molecule has 46 heavy (non-hydrogen) atoms. The summed E-state index contributed by atoms with van der Waals surface area (Å²) < 4.78 is 54.8. The number of carboxylic acids is 1. The maximum absolute atomic E-state index is 13.6. The molecule has 2 heterocycles. The van der Waals surface area contributed by atoms with Crippen LogP contribution in [0.2, 0.25) is 0 Å². The van der Waals surface area contributed by atoms with E-state index in [4.69, 9.17) is 5.11 Å². The minimum Gasteiger partial charge on any atom is -0.481 e. The number of alkyl halides is 2. The molecule has 2 fully saturated rings. The average Bonchev–Trinajstić information content (AvgIpc) is 2.96. The molecule has 1 aromatic carbocycles. The number of piperazine rings is 1. The third kappa shape index (κ3) is 11.7. The Hall–Kier alpha value is -2.87. The summed E-state index contributed by atoms with van der Waals surface area (Å²) in [5.74, 6) is -3.58. The number of nitrogens with zero attached hydrogens (tertiary/aromatic N) is 3. The predicted octanol–water partition coefficient (Wildman–Crippen LogP) is 5.40. The van der Waals surface area contributed by atoms with Crippen LogP contribution in [0.4, 0.5) is 13.6 Å². The summed E-state index contributed by atoms with van der Waals surface area (Å²) in [5.41, 5.74) is 1.68. The number of piperidine rings is 1. The molecule has 2 aliphatic rings. The first-order chi connectivity index (χ1) is 21.6. The Morgan fingerprint density at radius 3 is 2.43 bits per heavy atom. The molecule has 0 bridgehead atoms. The number of carbonyl (C=O) groups is 2. The number of amides is 1. The number of allylic oxidation sites excluding steroid dienone is 3. The summed E-state index contributed by atoms with van der Waals surface area (Å²) in [4.78, 5) is 26.2. The van der Waals surface area contributed by atoms with E-state index in [1.165, 1.54) is 11.0 Å². The van der Waals surface area contributed by atoms with Crippen molar-refractivity contribution >= 4 is 28.2 Å². The SMILES string of the molecule is C/C(=C\c1cccc(S(=O)(=O)N2CCC(F)(F)CC2)c1)C[C@H](/C=C/C[C@@H](C)CC[C@@H](O)CC(=O)O)CC1CN(C(=O)O)CCN1C. The number of halogens is 2. The van der Waals surface area contributed by atoms with Crippen molar-refractivity contribution < 1.29 is 42.1 Å². The predicted molar refractivity (Wildman–Crippen MR) is 172 cm³/mol. The van der Waals surface area contributed by atoms with Crippen molar-refractivity contribution in [1.29, 1.82) is 0 Å². The topological polar surface area (TPSA) is 139 Å². The number of aliphatic hydroxyl groups excluding tert-OH is 1. The molecule has 0 aliphatic carbocycles. The molecular formula is C33H49F2N3O7S. The molecule has 258 valence electrons. The van der Waals surface area contributed by atoms with E-state index < -0.39 is 47.0 Å². The van der Waals surface area contributed by atoms with Gasteiger partial charge >= 0.3 is 12.1 Å². The molecule has 2 aliphatic heterocycles. The first-order valence-electron chi connectivity index (χ1n) is 16.0. The summed E-state index contributed by atoms with van der Waals surface area (Å²) in [6.07, 6.45) is 6.27. The van der Waals surface area contributed by atoms with Gasteiger partial charge in [0, 0.05) is 51.6 Å². The fourth-order valence-corrected chi connectivity index (χ4v) is 7.58. The third-order valence-electron chi connectivity index (χ3n) is 8.92. The number of likely N-dealkylation sites (N-methyl/N-ethyl adjacent to an activating group) is 1. The van der Waals surface area contributed by atoms with Crippen LogP contribution in [0.15, 0.2) is 46.9 Å². The second kappa shape index (κ2) is 16.8. The minimum atomic E-state index is -3.91. The van der Waals surface area contributed by atoms with Gasteiger partial charge in [0.2, 0.25) is 10.0 Å². The van der Waals surface area contributed by atoms with Gasteiger partial charge in [0.05, 0.1) is 17.4 Å². The van der Waals surface area contributed by atoms with Crippen LogP contribution in [0.3, 0.4) is 0 Å². The van der Waals surface area contributed by atoms with Crippen molar-refractivity contribution in [3.8, 4) is 0 Å². The van der Waals surface area contributed by atoms with Gasteiger partial charge in [-0.15, -0.1) is 0 Å². The molecule has 0 saturated carbocycles. The Morgan fingerprint density at radius 2 is 1.78 bits per heavy atom. The van der Waals surface area contributed by atoms with Crippen LogP contribution in [0.1, 0.15) is 70.8 Å². The lowest BCUT2D eigenvalue weighted by atomic mass is 9.89. The van der Waals surface area contributed by atoms with Crippen molar-refractivity contribution in [3.63, 3.8) is 0 Å². The van der Waals surface area contributed by atoms with Crippen molar-refractivity contribution in [2.24, 2.45) is 11.8 Å². The fraction of sp³-hybridized carbons (Fsp3) is 0.636. The minimum absolute atomic E-state index is 0.0151. The van der Waals surface area contributed by atoms with Crippen LogP contribution in [-0.2, 0) is 14.8 Å². The zero-order chi connectivity index (χ0) is 34.1. The number of aliphatic carboxylic acids is 1. The molecule has 10 nitrogen and oxygen atoms in total. The van der Waals surface area contributed by atoms with Crippen molar-refractivity contribution in [1.82, 2.24) is 14.1 Å². The summed E-state index contributed by atoms with van der Waals surface area (Å²) in [7, 11) is -1.92. The van der Waals surface area contributed by atoms with Gasteiger partial charge < -0.3 is 20.2 Å². The number of hydrogen-bond donors (Lipinski definition) is 3. The second-order valence-corrected chi connectivity index (χ2v) is 14.9. The molecule has 1 aromatic rings. The van der Waals surface area contributed by atoms with E-state index in [9.17, 15) is 37.0 Å². The first kappa shape index (κ1) is 37.6. The smallest absolute Gasteiger partial charge is 0.407 e. The van der Waals surface area contributed by atoms with Crippen LogP contribution < -0.4 is 0 Å². The van der Waals surface area contributed by atoms with Gasteiger partial charge in [0.15, 0.2) is 0 Å². The van der Waals surface area contributed by atoms with Gasteiger partial charge in [0.1, 0.15) is 0 Å². The Balaban J connectivity index is 1.73. The molecule has 2 saturated heterocycles. The zero-order valence-corrected chi connectivity index (χ0v) is 27.8. The Bertz CT molecular complexity index is 1340. The Kier molecular flexibility index (Phi) is 13.7. The molecule has 1 unspecified atom stereocenters. The van der Waals surface area contributed by atoms with Gasteiger partial charge in [-0.2, -0.15) is 4.31 Å². The van der Waals surface area contributed by atoms with Gasteiger partial charge in [-0.25, -0.2) is 22.0 Å². The normalized spacial score (nSPS) is 22.1. The summed E-state index contributed by atoms with van der Waals surface area (Å²) in [6, 6.07) is 6.51. The molecular weight excluding hydrogens is 620 g/mol. The second-order valence-electron chi connectivity index (χ2n) is 13.0. The molecule has 0 aromatic heterocycles. The van der Waals surface area contributed by atoms with E-state index in [0.29, 0.717) is 50.9 Å². The van der Waals surface area contributed by atoms with Crippen LogP contribution >= 0.6 is 0 Å². The molecule has 1 amide bonds. The van der Waals surface area contributed by atoms with Gasteiger partial charge in [0.25, 0.3) is 5.92 Å². The fourth-order valence-electron chi connectivity index (χ4n) is 6.08. The average molecular weight is 670 g/mol. The Labute approximate surface area is 271 Å². The maximum atomic E-state index is 13.6. The highest BCUT2D eigenvalue weighted by atomic mass is 32.2. The molecule has 0 spiro atoms. The number of sulfonamides is 1. The van der Waals surface area contributed by atoms with Crippen LogP contribution in [0.5, 0.6) is 0 Å². The zero-order valence-electron chi connectivity index (χ0n) is 27.0. The van der Waals surface area contributed by atoms with Crippen molar-refractivity contribution in [3.05, 3.63) is 47.6 Å². The van der Waals surface area contributed by atoms with Gasteiger partial charge in [-0.05, 0) is 75.6 Å². The molecule has 3 N–H and O–H groups in total. The van der Waals surface area contributed by atoms with Crippen LogP contribution in [-0.4, -0.2) is 108 Å². The number of aliphatic hydroxyl groups is 1. The maximum Gasteiger partial charge on any atom is 0.407 e. The lowest BCUT2D eigenvalue weighted by Crippen LogP contribution is -2.53. The number of carboxylic acid groups (broad SMARTS) is 2. The highest BCUT2D eigenvalue weighted by Crippen LogP contribution is 2.31. The molecule has 3 rings (SSSR count).